The molecule has 2 N–H and O–H groups in total. The van der Waals surface area contributed by atoms with Crippen molar-refractivity contribution in [3.63, 3.8) is 0 Å². The number of nitrogens with zero attached hydrogens (tertiary/aromatic N) is 1. The molecule has 8 nitrogen and oxygen atoms in total. The molecule has 0 unspecified atom stereocenters. The first kappa shape index (κ1) is 22.5. The molecule has 8 heteroatoms. The van der Waals surface area contributed by atoms with E-state index >= 15 is 0 Å². The molecule has 0 fully saturated rings. The summed E-state index contributed by atoms with van der Waals surface area (Å²) in [7, 11) is 1.58. The van der Waals surface area contributed by atoms with Crippen molar-refractivity contribution >= 4 is 23.2 Å². The monoisotopic (exact) mass is 411 g/mol. The maximum Gasteiger partial charge on any atom is 0.356 e. The Hall–Kier alpha value is -3.81. The number of hydrogen-bond donors (Lipinski definition) is 2. The smallest absolute Gasteiger partial charge is 0.356 e. The number of hydrogen-bond acceptors (Lipinski definition) is 8. The molecule has 1 heterocycles. The minimum absolute atomic E-state index is 0.102. The molecule has 0 aliphatic rings. The third kappa shape index (κ3) is 6.66. The molecule has 0 amide bonds. The summed E-state index contributed by atoms with van der Waals surface area (Å²) in [5.41, 5.74) is 1.43. The highest BCUT2D eigenvalue weighted by Gasteiger charge is 2.16. The predicted octanol–water partition coefficient (Wildman–Crippen LogP) is 3.10. The number of aromatic nitrogens is 1. The molecule has 1 aromatic heterocycles. The van der Waals surface area contributed by atoms with Crippen LogP contribution in [0.1, 0.15) is 19.5 Å². The molecule has 2 rings (SSSR count). The minimum Gasteiger partial charge on any atom is -0.497 e. The third-order valence-electron chi connectivity index (χ3n) is 3.78. The molecular weight excluding hydrogens is 386 g/mol. The van der Waals surface area contributed by atoms with E-state index < -0.39 is 11.9 Å². The van der Waals surface area contributed by atoms with Gasteiger partial charge in [0.25, 0.3) is 0 Å². The van der Waals surface area contributed by atoms with Gasteiger partial charge < -0.3 is 24.8 Å². The lowest BCUT2D eigenvalue weighted by Crippen LogP contribution is -2.21. The molecule has 0 aliphatic carbocycles. The highest BCUT2D eigenvalue weighted by molar-refractivity contribution is 6.15. The summed E-state index contributed by atoms with van der Waals surface area (Å²) < 4.78 is 15.3. The van der Waals surface area contributed by atoms with E-state index in [0.717, 1.165) is 5.69 Å². The highest BCUT2D eigenvalue weighted by Crippen LogP contribution is 2.16. The molecule has 0 atom stereocenters. The van der Waals surface area contributed by atoms with Crippen LogP contribution in [-0.4, -0.2) is 37.2 Å². The van der Waals surface area contributed by atoms with Gasteiger partial charge in [0.05, 0.1) is 26.0 Å². The van der Waals surface area contributed by atoms with Crippen molar-refractivity contribution in [2.45, 2.75) is 13.8 Å². The zero-order valence-corrected chi connectivity index (χ0v) is 17.2. The van der Waals surface area contributed by atoms with Crippen LogP contribution in [0.4, 0.5) is 5.69 Å². The lowest BCUT2D eigenvalue weighted by molar-refractivity contribution is -0.139. The Morgan fingerprint density at radius 2 is 1.67 bits per heavy atom. The second kappa shape index (κ2) is 11.9. The summed E-state index contributed by atoms with van der Waals surface area (Å²) in [5, 5.41) is 5.84. The number of anilines is 1. The number of ether oxygens (including phenoxy) is 3. The lowest BCUT2D eigenvalue weighted by Gasteiger charge is -2.11. The van der Waals surface area contributed by atoms with Gasteiger partial charge in [-0.3, -0.25) is 4.98 Å². The van der Waals surface area contributed by atoms with E-state index in [4.69, 9.17) is 14.2 Å². The number of rotatable bonds is 10. The second-order valence-corrected chi connectivity index (χ2v) is 5.79. The van der Waals surface area contributed by atoms with Crippen molar-refractivity contribution in [2.75, 3.05) is 25.6 Å². The molecule has 0 saturated heterocycles. The van der Waals surface area contributed by atoms with Gasteiger partial charge in [0.2, 0.25) is 0 Å². The Balaban J connectivity index is 2.27. The van der Waals surface area contributed by atoms with Crippen LogP contribution in [-0.2, 0) is 19.1 Å². The molecule has 0 radical (unpaired) electrons. The maximum absolute atomic E-state index is 12.4. The van der Waals surface area contributed by atoms with Crippen LogP contribution in [0, 0.1) is 0 Å². The first-order chi connectivity index (χ1) is 14.6. The fourth-order valence-electron chi connectivity index (χ4n) is 2.33. The Morgan fingerprint density at radius 1 is 0.967 bits per heavy atom. The first-order valence-electron chi connectivity index (χ1n) is 9.42. The lowest BCUT2D eigenvalue weighted by atomic mass is 10.2. The average molecular weight is 411 g/mol. The van der Waals surface area contributed by atoms with Gasteiger partial charge in [-0.05, 0) is 50.2 Å². The average Bonchev–Trinajstić information content (AvgIpc) is 2.77. The Morgan fingerprint density at radius 3 is 2.27 bits per heavy atom. The number of esters is 2. The Kier molecular flexibility index (Phi) is 8.92. The van der Waals surface area contributed by atoms with Gasteiger partial charge in [0, 0.05) is 24.3 Å². The van der Waals surface area contributed by atoms with E-state index in [9.17, 15) is 9.59 Å². The molecule has 0 saturated carbocycles. The van der Waals surface area contributed by atoms with Crippen LogP contribution in [0.15, 0.2) is 66.8 Å². The molecule has 30 heavy (non-hydrogen) atoms. The minimum atomic E-state index is -0.584. The Labute approximate surface area is 175 Å². The maximum atomic E-state index is 12.4. The number of benzene rings is 1. The van der Waals surface area contributed by atoms with Crippen LogP contribution in [0.5, 0.6) is 5.75 Å². The van der Waals surface area contributed by atoms with Crippen molar-refractivity contribution in [3.05, 3.63) is 72.5 Å². The number of carbonyl (C=O) groups excluding carboxylic acids is 2. The fourth-order valence-corrected chi connectivity index (χ4v) is 2.33. The standard InChI is InChI=1S/C22H25N3O5/c1-4-29-21(26)18(19-8-6-7-13-23-19)14-25-20(22(27)30-5-2)15-24-16-9-11-17(28-3)12-10-16/h6-15,24-25H,4-5H2,1-3H3/b18-14+,20-15-. The van der Waals surface area contributed by atoms with E-state index in [0.29, 0.717) is 11.4 Å². The van der Waals surface area contributed by atoms with E-state index in [1.807, 2.05) is 0 Å². The predicted molar refractivity (Wildman–Crippen MR) is 113 cm³/mol. The van der Waals surface area contributed by atoms with Crippen molar-refractivity contribution in [2.24, 2.45) is 0 Å². The van der Waals surface area contributed by atoms with E-state index in [2.05, 4.69) is 15.6 Å². The summed E-state index contributed by atoms with van der Waals surface area (Å²) >= 11 is 0. The summed E-state index contributed by atoms with van der Waals surface area (Å²) in [5.74, 6) is -0.431. The molecular formula is C22H25N3O5. The summed E-state index contributed by atoms with van der Waals surface area (Å²) in [6.07, 6.45) is 4.39. The number of pyridine rings is 1. The van der Waals surface area contributed by atoms with Crippen molar-refractivity contribution in [1.82, 2.24) is 10.3 Å². The number of methoxy groups -OCH3 is 1. The van der Waals surface area contributed by atoms with Gasteiger partial charge in [-0.15, -0.1) is 0 Å². The zero-order chi connectivity index (χ0) is 21.8. The van der Waals surface area contributed by atoms with Crippen LogP contribution in [0.25, 0.3) is 5.57 Å². The van der Waals surface area contributed by atoms with Gasteiger partial charge in [-0.2, -0.15) is 0 Å². The molecule has 158 valence electrons. The van der Waals surface area contributed by atoms with Crippen molar-refractivity contribution < 1.29 is 23.8 Å². The van der Waals surface area contributed by atoms with Gasteiger partial charge in [-0.1, -0.05) is 6.07 Å². The van der Waals surface area contributed by atoms with Crippen LogP contribution >= 0.6 is 0 Å². The molecule has 0 aliphatic heterocycles. The van der Waals surface area contributed by atoms with Gasteiger partial charge in [-0.25, -0.2) is 9.59 Å². The summed E-state index contributed by atoms with van der Waals surface area (Å²) in [6.45, 7) is 3.84. The van der Waals surface area contributed by atoms with Gasteiger partial charge >= 0.3 is 11.9 Å². The van der Waals surface area contributed by atoms with Crippen LogP contribution in [0.2, 0.25) is 0 Å². The number of carbonyl (C=O) groups is 2. The third-order valence-corrected chi connectivity index (χ3v) is 3.78. The Bertz CT molecular complexity index is 893. The van der Waals surface area contributed by atoms with Crippen molar-refractivity contribution in [1.29, 1.82) is 0 Å². The first-order valence-corrected chi connectivity index (χ1v) is 9.42. The SMILES string of the molecule is CCOC(=O)/C(=C/Nc1ccc(OC)cc1)N/C=C(/C(=O)OCC)c1ccccn1. The molecule has 0 spiro atoms. The summed E-state index contributed by atoms with van der Waals surface area (Å²) in [4.78, 5) is 28.9. The highest BCUT2D eigenvalue weighted by atomic mass is 16.5. The van der Waals surface area contributed by atoms with E-state index in [1.165, 1.54) is 12.4 Å². The summed E-state index contributed by atoms with van der Waals surface area (Å²) in [6, 6.07) is 12.3. The van der Waals surface area contributed by atoms with E-state index in [-0.39, 0.29) is 24.5 Å². The van der Waals surface area contributed by atoms with Crippen LogP contribution in [0.3, 0.4) is 0 Å². The fraction of sp³-hybridized carbons (Fsp3) is 0.227. The topological polar surface area (TPSA) is 98.8 Å². The molecule has 0 bridgehead atoms. The van der Waals surface area contributed by atoms with Crippen molar-refractivity contribution in [3.8, 4) is 5.75 Å². The van der Waals surface area contributed by atoms with Gasteiger partial charge in [0.15, 0.2) is 0 Å². The molecule has 1 aromatic carbocycles. The largest absolute Gasteiger partial charge is 0.497 e. The second-order valence-electron chi connectivity index (χ2n) is 5.79. The number of nitrogens with one attached hydrogen (secondary N) is 2. The van der Waals surface area contributed by atoms with Crippen LogP contribution < -0.4 is 15.4 Å². The van der Waals surface area contributed by atoms with E-state index in [1.54, 1.807) is 69.6 Å². The quantitative estimate of drug-likeness (QED) is 0.455. The van der Waals surface area contributed by atoms with Gasteiger partial charge in [0.1, 0.15) is 17.0 Å². The zero-order valence-electron chi connectivity index (χ0n) is 17.2. The molecule has 2 aromatic rings. The normalized spacial score (nSPS) is 11.4.